The summed E-state index contributed by atoms with van der Waals surface area (Å²) in [6, 6.07) is 2.85. The third-order valence-electron chi connectivity index (χ3n) is 2.00. The van der Waals surface area contributed by atoms with Crippen molar-refractivity contribution < 1.29 is 0 Å². The van der Waals surface area contributed by atoms with E-state index in [1.165, 1.54) is 9.35 Å². The van der Waals surface area contributed by atoms with E-state index in [-0.39, 0.29) is 0 Å². The number of hydrogen-bond donors (Lipinski definition) is 2. The molecule has 2 nitrogen and oxygen atoms in total. The van der Waals surface area contributed by atoms with Crippen LogP contribution in [0.3, 0.4) is 0 Å². The molecule has 12 heavy (non-hydrogen) atoms. The lowest BCUT2D eigenvalue weighted by atomic mass is 10.2. The van der Waals surface area contributed by atoms with Gasteiger partial charge in [-0.05, 0) is 32.9 Å². The zero-order valence-electron chi connectivity index (χ0n) is 6.64. The molecule has 2 heterocycles. The van der Waals surface area contributed by atoms with Crippen molar-refractivity contribution in [3.05, 3.63) is 20.8 Å². The van der Waals surface area contributed by atoms with Gasteiger partial charge in [0.1, 0.15) is 0 Å². The van der Waals surface area contributed by atoms with Crippen molar-refractivity contribution in [1.82, 2.24) is 10.6 Å². The summed E-state index contributed by atoms with van der Waals surface area (Å²) in [7, 11) is 0. The van der Waals surface area contributed by atoms with E-state index in [1.54, 1.807) is 11.3 Å². The lowest BCUT2D eigenvalue weighted by Crippen LogP contribution is -2.54. The summed E-state index contributed by atoms with van der Waals surface area (Å²) in [5, 5.41) is 8.89. The summed E-state index contributed by atoms with van der Waals surface area (Å²) in [5.74, 6) is 0. The van der Waals surface area contributed by atoms with Gasteiger partial charge in [-0.15, -0.1) is 11.3 Å². The van der Waals surface area contributed by atoms with Gasteiger partial charge in [-0.25, -0.2) is 0 Å². The highest BCUT2D eigenvalue weighted by Crippen LogP contribution is 2.20. The van der Waals surface area contributed by atoms with Crippen molar-refractivity contribution in [3.63, 3.8) is 0 Å². The topological polar surface area (TPSA) is 24.1 Å². The first-order valence-electron chi connectivity index (χ1n) is 4.01. The predicted octanol–water partition coefficient (Wildman–Crippen LogP) is 1.57. The van der Waals surface area contributed by atoms with Gasteiger partial charge in [-0.2, -0.15) is 0 Å². The molecular weight excluding hydrogens is 236 g/mol. The molecule has 4 heteroatoms. The highest BCUT2D eigenvalue weighted by molar-refractivity contribution is 9.11. The predicted molar refractivity (Wildman–Crippen MR) is 55.5 cm³/mol. The fourth-order valence-electron chi connectivity index (χ4n) is 1.13. The molecule has 1 aliphatic rings. The van der Waals surface area contributed by atoms with Crippen molar-refractivity contribution in [2.24, 2.45) is 0 Å². The summed E-state index contributed by atoms with van der Waals surface area (Å²) in [5.41, 5.74) is 1.37. The number of thiophene rings is 1. The molecule has 1 aromatic rings. The molecule has 0 aromatic carbocycles. The van der Waals surface area contributed by atoms with E-state index < -0.39 is 0 Å². The van der Waals surface area contributed by atoms with Gasteiger partial charge in [0, 0.05) is 25.7 Å². The first-order valence-corrected chi connectivity index (χ1v) is 5.69. The van der Waals surface area contributed by atoms with Crippen molar-refractivity contribution in [2.45, 2.75) is 12.6 Å². The van der Waals surface area contributed by atoms with Crippen molar-refractivity contribution in [2.75, 3.05) is 13.1 Å². The Bertz CT molecular complexity index is 257. The zero-order valence-corrected chi connectivity index (χ0v) is 9.04. The van der Waals surface area contributed by atoms with E-state index in [2.05, 4.69) is 38.0 Å². The molecule has 1 aliphatic heterocycles. The van der Waals surface area contributed by atoms with Crippen molar-refractivity contribution in [1.29, 1.82) is 0 Å². The lowest BCUT2D eigenvalue weighted by molar-refractivity contribution is 0.365. The van der Waals surface area contributed by atoms with E-state index in [1.807, 2.05) is 0 Å². The molecular formula is C8H11BrN2S. The number of rotatable bonds is 3. The van der Waals surface area contributed by atoms with E-state index in [0.29, 0.717) is 6.04 Å². The molecule has 0 aliphatic carbocycles. The van der Waals surface area contributed by atoms with Crippen LogP contribution in [-0.4, -0.2) is 19.1 Å². The normalized spacial score (nSPS) is 17.8. The van der Waals surface area contributed by atoms with Crippen LogP contribution in [0.2, 0.25) is 0 Å². The standard InChI is InChI=1S/C8H11BrN2S/c9-8-1-6(5-12-8)2-11-7-3-10-4-7/h1,5,7,10-11H,2-4H2. The average Bonchev–Trinajstić information content (AvgIpc) is 2.32. The van der Waals surface area contributed by atoms with Gasteiger partial charge in [-0.1, -0.05) is 0 Å². The second-order valence-electron chi connectivity index (χ2n) is 3.00. The maximum atomic E-state index is 3.47. The Labute approximate surface area is 84.5 Å². The van der Waals surface area contributed by atoms with E-state index in [9.17, 15) is 0 Å². The third kappa shape index (κ3) is 2.07. The number of nitrogens with one attached hydrogen (secondary N) is 2. The van der Waals surface area contributed by atoms with Gasteiger partial charge in [0.2, 0.25) is 0 Å². The molecule has 2 rings (SSSR count). The van der Waals surface area contributed by atoms with Crippen LogP contribution in [0.25, 0.3) is 0 Å². The Balaban J connectivity index is 1.79. The minimum Gasteiger partial charge on any atom is -0.314 e. The van der Waals surface area contributed by atoms with Crippen LogP contribution in [0.15, 0.2) is 15.2 Å². The summed E-state index contributed by atoms with van der Waals surface area (Å²) in [6.45, 7) is 3.23. The van der Waals surface area contributed by atoms with Crippen LogP contribution in [-0.2, 0) is 6.54 Å². The summed E-state index contributed by atoms with van der Waals surface area (Å²) >= 11 is 5.19. The Morgan fingerprint density at radius 1 is 1.67 bits per heavy atom. The molecule has 0 atom stereocenters. The largest absolute Gasteiger partial charge is 0.314 e. The Hall–Kier alpha value is 0.1000. The molecule has 1 saturated heterocycles. The van der Waals surface area contributed by atoms with Crippen molar-refractivity contribution >= 4 is 27.3 Å². The summed E-state index contributed by atoms with van der Waals surface area (Å²) < 4.78 is 1.21. The maximum absolute atomic E-state index is 3.47. The van der Waals surface area contributed by atoms with Gasteiger partial charge in [0.15, 0.2) is 0 Å². The van der Waals surface area contributed by atoms with Crippen LogP contribution < -0.4 is 10.6 Å². The lowest BCUT2D eigenvalue weighted by Gasteiger charge is -2.27. The summed E-state index contributed by atoms with van der Waals surface area (Å²) in [6.07, 6.45) is 0. The Morgan fingerprint density at radius 3 is 3.00 bits per heavy atom. The van der Waals surface area contributed by atoms with Crippen LogP contribution >= 0.6 is 27.3 Å². The van der Waals surface area contributed by atoms with E-state index in [4.69, 9.17) is 0 Å². The minimum absolute atomic E-state index is 0.684. The van der Waals surface area contributed by atoms with Gasteiger partial charge >= 0.3 is 0 Å². The molecule has 0 amide bonds. The molecule has 0 bridgehead atoms. The van der Waals surface area contributed by atoms with Gasteiger partial charge < -0.3 is 10.6 Å². The summed E-state index contributed by atoms with van der Waals surface area (Å²) in [4.78, 5) is 0. The molecule has 1 fully saturated rings. The Morgan fingerprint density at radius 2 is 2.50 bits per heavy atom. The van der Waals surface area contributed by atoms with Crippen LogP contribution in [0.4, 0.5) is 0 Å². The van der Waals surface area contributed by atoms with Gasteiger partial charge in [0.05, 0.1) is 3.79 Å². The average molecular weight is 247 g/mol. The highest BCUT2D eigenvalue weighted by Gasteiger charge is 2.15. The molecule has 2 N–H and O–H groups in total. The molecule has 0 radical (unpaired) electrons. The van der Waals surface area contributed by atoms with Crippen molar-refractivity contribution in [3.8, 4) is 0 Å². The van der Waals surface area contributed by atoms with E-state index in [0.717, 1.165) is 19.6 Å². The second-order valence-corrected chi connectivity index (χ2v) is 5.29. The quantitative estimate of drug-likeness (QED) is 0.847. The van der Waals surface area contributed by atoms with Gasteiger partial charge in [-0.3, -0.25) is 0 Å². The smallest absolute Gasteiger partial charge is 0.0701 e. The molecule has 0 spiro atoms. The highest BCUT2D eigenvalue weighted by atomic mass is 79.9. The fourth-order valence-corrected chi connectivity index (χ4v) is 2.34. The van der Waals surface area contributed by atoms with Crippen LogP contribution in [0, 0.1) is 0 Å². The first kappa shape index (κ1) is 8.69. The number of halogens is 1. The molecule has 0 saturated carbocycles. The third-order valence-corrected chi connectivity index (χ3v) is 3.55. The monoisotopic (exact) mass is 246 g/mol. The first-order chi connectivity index (χ1) is 5.84. The fraction of sp³-hybridized carbons (Fsp3) is 0.500. The minimum atomic E-state index is 0.684. The Kier molecular flexibility index (Phi) is 2.80. The number of hydrogen-bond acceptors (Lipinski definition) is 3. The molecule has 66 valence electrons. The van der Waals surface area contributed by atoms with Gasteiger partial charge in [0.25, 0.3) is 0 Å². The maximum Gasteiger partial charge on any atom is 0.0701 e. The van der Waals surface area contributed by atoms with E-state index >= 15 is 0 Å². The SMILES string of the molecule is Brc1cc(CNC2CNC2)cs1. The second kappa shape index (κ2) is 3.87. The van der Waals surface area contributed by atoms with Crippen LogP contribution in [0.1, 0.15) is 5.56 Å². The molecule has 0 unspecified atom stereocenters. The molecule has 1 aromatic heterocycles. The van der Waals surface area contributed by atoms with Crippen LogP contribution in [0.5, 0.6) is 0 Å². The zero-order chi connectivity index (χ0) is 8.39.